The van der Waals surface area contributed by atoms with E-state index in [4.69, 9.17) is 4.98 Å². The van der Waals surface area contributed by atoms with Crippen molar-refractivity contribution in [3.05, 3.63) is 110 Å². The van der Waals surface area contributed by atoms with Gasteiger partial charge in [0.2, 0.25) is 0 Å². The smallest absolute Gasteiger partial charge is 0.282 e. The van der Waals surface area contributed by atoms with Gasteiger partial charge in [0.15, 0.2) is 0 Å². The molecule has 3 aromatic carbocycles. The lowest BCUT2D eigenvalue weighted by molar-refractivity contribution is 0.665. The maximum Gasteiger partial charge on any atom is 0.282 e. The first-order valence-corrected chi connectivity index (χ1v) is 12.1. The van der Waals surface area contributed by atoms with Gasteiger partial charge in [-0.2, -0.15) is 9.78 Å². The Bertz CT molecular complexity index is 1610. The summed E-state index contributed by atoms with van der Waals surface area (Å²) >= 11 is 3.46. The Morgan fingerprint density at radius 3 is 2.65 bits per heavy atom. The molecule has 0 aliphatic heterocycles. The Kier molecular flexibility index (Phi) is 5.92. The van der Waals surface area contributed by atoms with Crippen LogP contribution in [0.3, 0.4) is 0 Å². The summed E-state index contributed by atoms with van der Waals surface area (Å²) in [5.41, 5.74) is 5.08. The van der Waals surface area contributed by atoms with Gasteiger partial charge in [0, 0.05) is 39.6 Å². The fourth-order valence-corrected chi connectivity index (χ4v) is 4.65. The van der Waals surface area contributed by atoms with Crippen molar-refractivity contribution in [2.24, 2.45) is 5.10 Å². The predicted octanol–water partition coefficient (Wildman–Crippen LogP) is 6.48. The second-order valence-corrected chi connectivity index (χ2v) is 9.78. The maximum absolute atomic E-state index is 13.4. The number of benzene rings is 3. The van der Waals surface area contributed by atoms with Crippen LogP contribution in [-0.4, -0.2) is 20.4 Å². The molecule has 0 saturated heterocycles. The molecule has 0 saturated carbocycles. The van der Waals surface area contributed by atoms with E-state index in [0.29, 0.717) is 16.7 Å². The number of hydrogen-bond donors (Lipinski definition) is 0. The van der Waals surface area contributed by atoms with Gasteiger partial charge in [0.25, 0.3) is 5.56 Å². The second-order valence-electron chi connectivity index (χ2n) is 8.87. The van der Waals surface area contributed by atoms with Crippen molar-refractivity contribution in [3.8, 4) is 0 Å². The molecular formula is C28H25BrN4O. The van der Waals surface area contributed by atoms with Gasteiger partial charge in [-0.25, -0.2) is 4.98 Å². The molecule has 5 nitrogen and oxygen atoms in total. The van der Waals surface area contributed by atoms with E-state index >= 15 is 0 Å². The molecule has 0 amide bonds. The van der Waals surface area contributed by atoms with E-state index in [-0.39, 0.29) is 11.5 Å². The zero-order chi connectivity index (χ0) is 23.8. The molecule has 0 aliphatic carbocycles. The van der Waals surface area contributed by atoms with Crippen LogP contribution >= 0.6 is 15.9 Å². The first-order valence-electron chi connectivity index (χ1n) is 11.3. The number of para-hydroxylation sites is 1. The van der Waals surface area contributed by atoms with Gasteiger partial charge in [-0.1, -0.05) is 77.8 Å². The first kappa shape index (κ1) is 22.3. The van der Waals surface area contributed by atoms with E-state index in [1.165, 1.54) is 15.8 Å². The summed E-state index contributed by atoms with van der Waals surface area (Å²) in [4.78, 5) is 18.1. The predicted molar refractivity (Wildman–Crippen MR) is 143 cm³/mol. The van der Waals surface area contributed by atoms with Gasteiger partial charge >= 0.3 is 0 Å². The van der Waals surface area contributed by atoms with Gasteiger partial charge in [0.05, 0.1) is 17.1 Å². The second kappa shape index (κ2) is 9.03. The third-order valence-corrected chi connectivity index (χ3v) is 6.41. The molecule has 6 heteroatoms. The highest BCUT2D eigenvalue weighted by molar-refractivity contribution is 9.10. The van der Waals surface area contributed by atoms with Gasteiger partial charge < -0.3 is 4.57 Å². The van der Waals surface area contributed by atoms with Crippen molar-refractivity contribution in [3.63, 3.8) is 0 Å². The molecule has 0 bridgehead atoms. The number of hydrogen-bond acceptors (Lipinski definition) is 3. The standard InChI is InChI=1S/C28H25BrN4O/c1-18(2)27-31-25-12-11-22(29)14-24(25)28(34)33(27)30-15-21-17-32(26-10-5-4-9-23(21)26)16-20-8-6-7-19(3)13-20/h4-15,17-18H,16H2,1-3H3. The molecule has 2 aromatic heterocycles. The summed E-state index contributed by atoms with van der Waals surface area (Å²) in [6.45, 7) is 6.91. The fraction of sp³-hybridized carbons (Fsp3) is 0.179. The molecule has 0 fully saturated rings. The minimum Gasteiger partial charge on any atom is -0.342 e. The van der Waals surface area contributed by atoms with Crippen LogP contribution in [0.4, 0.5) is 0 Å². The van der Waals surface area contributed by atoms with Crippen molar-refractivity contribution >= 4 is 44.0 Å². The summed E-state index contributed by atoms with van der Waals surface area (Å²) < 4.78 is 4.50. The maximum atomic E-state index is 13.4. The van der Waals surface area contributed by atoms with E-state index in [1.54, 1.807) is 12.3 Å². The lowest BCUT2D eigenvalue weighted by Crippen LogP contribution is -2.23. The van der Waals surface area contributed by atoms with E-state index in [2.05, 4.69) is 75.1 Å². The molecule has 170 valence electrons. The molecule has 34 heavy (non-hydrogen) atoms. The van der Waals surface area contributed by atoms with Crippen LogP contribution in [0.1, 0.15) is 42.3 Å². The van der Waals surface area contributed by atoms with Crippen molar-refractivity contribution in [2.45, 2.75) is 33.2 Å². The van der Waals surface area contributed by atoms with Gasteiger partial charge in [0.1, 0.15) is 5.82 Å². The molecule has 0 radical (unpaired) electrons. The lowest BCUT2D eigenvalue weighted by atomic mass is 10.1. The SMILES string of the molecule is Cc1cccc(Cn2cc(C=Nn3c(C(C)C)nc4ccc(Br)cc4c3=O)c3ccccc32)c1. The molecule has 0 atom stereocenters. The van der Waals surface area contributed by atoms with Gasteiger partial charge in [-0.15, -0.1) is 0 Å². The monoisotopic (exact) mass is 512 g/mol. The third kappa shape index (κ3) is 4.21. The van der Waals surface area contributed by atoms with Crippen molar-refractivity contribution in [1.29, 1.82) is 0 Å². The van der Waals surface area contributed by atoms with Crippen LogP contribution in [0.25, 0.3) is 21.8 Å². The van der Waals surface area contributed by atoms with Crippen LogP contribution in [0, 0.1) is 6.92 Å². The molecule has 0 aliphatic rings. The topological polar surface area (TPSA) is 52.2 Å². The van der Waals surface area contributed by atoms with Crippen molar-refractivity contribution < 1.29 is 0 Å². The van der Waals surface area contributed by atoms with Crippen LogP contribution in [0.15, 0.2) is 87.3 Å². The number of fused-ring (bicyclic) bond motifs is 2. The number of aromatic nitrogens is 3. The molecule has 5 aromatic rings. The van der Waals surface area contributed by atoms with Crippen LogP contribution in [0.2, 0.25) is 0 Å². The minimum absolute atomic E-state index is 0.0422. The molecule has 0 spiro atoms. The minimum atomic E-state index is -0.172. The molecule has 5 rings (SSSR count). The summed E-state index contributed by atoms with van der Waals surface area (Å²) in [7, 11) is 0. The fourth-order valence-electron chi connectivity index (χ4n) is 4.29. The van der Waals surface area contributed by atoms with Crippen LogP contribution in [-0.2, 0) is 6.54 Å². The zero-order valence-electron chi connectivity index (χ0n) is 19.4. The van der Waals surface area contributed by atoms with E-state index < -0.39 is 0 Å². The molecular weight excluding hydrogens is 488 g/mol. The Hall–Kier alpha value is -3.51. The van der Waals surface area contributed by atoms with Gasteiger partial charge in [-0.05, 0) is 36.8 Å². The first-order chi connectivity index (χ1) is 16.4. The third-order valence-electron chi connectivity index (χ3n) is 5.92. The molecule has 2 heterocycles. The van der Waals surface area contributed by atoms with Crippen LogP contribution < -0.4 is 5.56 Å². The van der Waals surface area contributed by atoms with Crippen molar-refractivity contribution in [2.75, 3.05) is 0 Å². The summed E-state index contributed by atoms with van der Waals surface area (Å²) in [6, 6.07) is 22.4. The van der Waals surface area contributed by atoms with E-state index in [9.17, 15) is 4.79 Å². The number of aryl methyl sites for hydroxylation is 1. The Morgan fingerprint density at radius 1 is 1.03 bits per heavy atom. The Morgan fingerprint density at radius 2 is 1.85 bits per heavy atom. The van der Waals surface area contributed by atoms with Crippen molar-refractivity contribution in [1.82, 2.24) is 14.2 Å². The number of rotatable bonds is 5. The summed E-state index contributed by atoms with van der Waals surface area (Å²) in [5, 5.41) is 6.28. The van der Waals surface area contributed by atoms with E-state index in [1.807, 2.05) is 38.1 Å². The quantitative estimate of drug-likeness (QED) is 0.253. The molecule has 0 N–H and O–H groups in total. The number of halogens is 1. The summed E-state index contributed by atoms with van der Waals surface area (Å²) in [5.74, 6) is 0.681. The van der Waals surface area contributed by atoms with E-state index in [0.717, 1.165) is 27.5 Å². The summed E-state index contributed by atoms with van der Waals surface area (Å²) in [6.07, 6.45) is 3.87. The highest BCUT2D eigenvalue weighted by Gasteiger charge is 2.14. The zero-order valence-corrected chi connectivity index (χ0v) is 21.0. The lowest BCUT2D eigenvalue weighted by Gasteiger charge is -2.11. The largest absolute Gasteiger partial charge is 0.342 e. The highest BCUT2D eigenvalue weighted by atomic mass is 79.9. The number of nitrogens with zero attached hydrogens (tertiary/aromatic N) is 4. The van der Waals surface area contributed by atoms with Crippen LogP contribution in [0.5, 0.6) is 0 Å². The average Bonchev–Trinajstić information content (AvgIpc) is 3.16. The normalized spacial score (nSPS) is 11.9. The molecule has 0 unspecified atom stereocenters. The van der Waals surface area contributed by atoms with Gasteiger partial charge in [-0.3, -0.25) is 4.79 Å². The Labute approximate surface area is 206 Å². The highest BCUT2D eigenvalue weighted by Crippen LogP contribution is 2.23. The average molecular weight is 513 g/mol. The Balaban J connectivity index is 1.62.